The molecule has 15 heavy (non-hydrogen) atoms. The lowest BCUT2D eigenvalue weighted by Crippen LogP contribution is -2.31. The van der Waals surface area contributed by atoms with Gasteiger partial charge in [-0.05, 0) is 80.0 Å². The number of hydrogen-bond acceptors (Lipinski definition) is 0. The van der Waals surface area contributed by atoms with Gasteiger partial charge >= 0.3 is 0 Å². The summed E-state index contributed by atoms with van der Waals surface area (Å²) in [7, 11) is 0. The average molecular weight is 200 g/mol. The maximum absolute atomic E-state index is 2.72. The van der Waals surface area contributed by atoms with E-state index in [4.69, 9.17) is 0 Å². The Kier molecular flexibility index (Phi) is 1.17. The van der Waals surface area contributed by atoms with Gasteiger partial charge in [0.05, 0.1) is 0 Å². The first-order valence-corrected chi connectivity index (χ1v) is 7.08. The highest BCUT2D eigenvalue weighted by Gasteiger charge is 2.65. The van der Waals surface area contributed by atoms with Crippen LogP contribution in [0.1, 0.15) is 44.9 Å². The molecule has 3 saturated carbocycles. The van der Waals surface area contributed by atoms with Crippen LogP contribution in [-0.4, -0.2) is 0 Å². The zero-order chi connectivity index (χ0) is 9.62. The summed E-state index contributed by atoms with van der Waals surface area (Å²) in [5.74, 6) is 5.46. The van der Waals surface area contributed by atoms with Gasteiger partial charge in [0, 0.05) is 0 Å². The van der Waals surface area contributed by atoms with E-state index in [1.54, 1.807) is 38.5 Å². The van der Waals surface area contributed by atoms with Gasteiger partial charge in [-0.1, -0.05) is 11.6 Å². The Labute approximate surface area is 92.1 Å². The Morgan fingerprint density at radius 3 is 3.07 bits per heavy atom. The van der Waals surface area contributed by atoms with Gasteiger partial charge in [0.25, 0.3) is 0 Å². The van der Waals surface area contributed by atoms with Crippen molar-refractivity contribution < 1.29 is 0 Å². The topological polar surface area (TPSA) is 0 Å². The van der Waals surface area contributed by atoms with Crippen molar-refractivity contribution in [1.29, 1.82) is 0 Å². The van der Waals surface area contributed by atoms with Crippen molar-refractivity contribution in [1.82, 2.24) is 0 Å². The van der Waals surface area contributed by atoms with E-state index in [9.17, 15) is 0 Å². The zero-order valence-corrected chi connectivity index (χ0v) is 9.41. The van der Waals surface area contributed by atoms with Crippen LogP contribution in [-0.2, 0) is 0 Å². The molecule has 0 aliphatic heterocycles. The van der Waals surface area contributed by atoms with Crippen LogP contribution in [0.5, 0.6) is 0 Å². The highest BCUT2D eigenvalue weighted by atomic mass is 14.7. The molecule has 0 amide bonds. The number of allylic oxidation sites excluding steroid dienone is 2. The van der Waals surface area contributed by atoms with E-state index in [1.165, 1.54) is 6.42 Å². The van der Waals surface area contributed by atoms with E-state index in [0.29, 0.717) is 0 Å². The second-order valence-corrected chi connectivity index (χ2v) is 7.08. The van der Waals surface area contributed by atoms with Crippen molar-refractivity contribution in [3.8, 4) is 0 Å². The van der Waals surface area contributed by atoms with Gasteiger partial charge in [-0.2, -0.15) is 0 Å². The Bertz CT molecular complexity index is 366. The maximum Gasteiger partial charge on any atom is -0.0140 e. The predicted molar refractivity (Wildman–Crippen MR) is 60.3 cm³/mol. The molecule has 0 heterocycles. The maximum atomic E-state index is 2.72. The molecule has 0 aromatic rings. The monoisotopic (exact) mass is 200 g/mol. The molecule has 3 fully saturated rings. The SMILES string of the molecule is C1=C2C3CC1CCC2C12CCC(CC31)C2. The van der Waals surface area contributed by atoms with Gasteiger partial charge in [0.1, 0.15) is 0 Å². The Balaban J connectivity index is 1.72. The third-order valence-electron chi connectivity index (χ3n) is 6.83. The van der Waals surface area contributed by atoms with Crippen LogP contribution in [0, 0.1) is 35.0 Å². The lowest BCUT2D eigenvalue weighted by atomic mass is 9.66. The highest BCUT2D eigenvalue weighted by Crippen LogP contribution is 2.74. The third-order valence-corrected chi connectivity index (χ3v) is 6.83. The molecule has 5 aliphatic carbocycles. The van der Waals surface area contributed by atoms with E-state index < -0.39 is 0 Å². The van der Waals surface area contributed by atoms with Crippen LogP contribution < -0.4 is 0 Å². The Hall–Kier alpha value is -0.260. The van der Waals surface area contributed by atoms with Gasteiger partial charge in [0.15, 0.2) is 0 Å². The molecule has 6 unspecified atom stereocenters. The minimum absolute atomic E-state index is 0.854. The summed E-state index contributed by atoms with van der Waals surface area (Å²) in [5.41, 5.74) is 2.82. The van der Waals surface area contributed by atoms with E-state index in [2.05, 4.69) is 6.08 Å². The molecular formula is C15H20. The van der Waals surface area contributed by atoms with E-state index in [1.807, 2.05) is 5.57 Å². The van der Waals surface area contributed by atoms with Crippen molar-refractivity contribution in [2.75, 3.05) is 0 Å². The molecule has 0 aromatic heterocycles. The van der Waals surface area contributed by atoms with Gasteiger partial charge in [0.2, 0.25) is 0 Å². The van der Waals surface area contributed by atoms with E-state index in [-0.39, 0.29) is 0 Å². The fourth-order valence-corrected chi connectivity index (χ4v) is 6.55. The second-order valence-electron chi connectivity index (χ2n) is 7.08. The molecule has 5 rings (SSSR count). The second kappa shape index (κ2) is 2.21. The van der Waals surface area contributed by atoms with Crippen LogP contribution in [0.15, 0.2) is 11.6 Å². The highest BCUT2D eigenvalue weighted by molar-refractivity contribution is 5.34. The molecule has 0 saturated heterocycles. The van der Waals surface area contributed by atoms with Gasteiger partial charge in [-0.25, -0.2) is 0 Å². The molecular weight excluding hydrogens is 180 g/mol. The summed E-state index contributed by atoms with van der Waals surface area (Å²) >= 11 is 0. The molecule has 0 heteroatoms. The molecule has 5 aliphatic rings. The van der Waals surface area contributed by atoms with Gasteiger partial charge in [-0.3, -0.25) is 0 Å². The summed E-state index contributed by atoms with van der Waals surface area (Å²) in [6.45, 7) is 0. The largest absolute Gasteiger partial charge is 0.0816 e. The van der Waals surface area contributed by atoms with Crippen LogP contribution in [0.3, 0.4) is 0 Å². The lowest BCUT2D eigenvalue weighted by Gasteiger charge is -2.38. The molecule has 80 valence electrons. The van der Waals surface area contributed by atoms with Gasteiger partial charge in [-0.15, -0.1) is 0 Å². The number of hydrogen-bond donors (Lipinski definition) is 0. The molecule has 1 spiro atoms. The predicted octanol–water partition coefficient (Wildman–Crippen LogP) is 3.78. The van der Waals surface area contributed by atoms with Crippen LogP contribution in [0.25, 0.3) is 0 Å². The number of fused-ring (bicyclic) bond motifs is 3. The smallest absolute Gasteiger partial charge is 0.0140 e. The first-order chi connectivity index (χ1) is 7.37. The Morgan fingerprint density at radius 1 is 1.13 bits per heavy atom. The molecule has 0 radical (unpaired) electrons. The summed E-state index contributed by atoms with van der Waals surface area (Å²) in [6, 6.07) is 0. The fourth-order valence-electron chi connectivity index (χ4n) is 6.55. The summed E-state index contributed by atoms with van der Waals surface area (Å²) in [6.07, 6.45) is 13.8. The van der Waals surface area contributed by atoms with Crippen molar-refractivity contribution in [2.45, 2.75) is 44.9 Å². The molecule has 0 aromatic carbocycles. The molecule has 0 N–H and O–H groups in total. The quantitative estimate of drug-likeness (QED) is 0.522. The first-order valence-electron chi connectivity index (χ1n) is 7.08. The summed E-state index contributed by atoms with van der Waals surface area (Å²) in [5, 5.41) is 0. The van der Waals surface area contributed by atoms with Crippen LogP contribution in [0.4, 0.5) is 0 Å². The van der Waals surface area contributed by atoms with E-state index >= 15 is 0 Å². The molecule has 6 atom stereocenters. The first kappa shape index (κ1) is 7.92. The Morgan fingerprint density at radius 2 is 2.13 bits per heavy atom. The van der Waals surface area contributed by atoms with Crippen molar-refractivity contribution in [3.05, 3.63) is 11.6 Å². The van der Waals surface area contributed by atoms with Crippen LogP contribution in [0.2, 0.25) is 0 Å². The van der Waals surface area contributed by atoms with Crippen molar-refractivity contribution in [2.24, 2.45) is 35.0 Å². The van der Waals surface area contributed by atoms with Gasteiger partial charge < -0.3 is 0 Å². The molecule has 0 nitrogen and oxygen atoms in total. The van der Waals surface area contributed by atoms with Crippen molar-refractivity contribution in [3.63, 3.8) is 0 Å². The zero-order valence-electron chi connectivity index (χ0n) is 9.41. The summed E-state index contributed by atoms with van der Waals surface area (Å²) < 4.78 is 0. The van der Waals surface area contributed by atoms with Crippen LogP contribution >= 0.6 is 0 Å². The lowest BCUT2D eigenvalue weighted by molar-refractivity contribution is 0.116. The summed E-state index contributed by atoms with van der Waals surface area (Å²) in [4.78, 5) is 0. The third kappa shape index (κ3) is 0.707. The fraction of sp³-hybridized carbons (Fsp3) is 0.867. The number of rotatable bonds is 0. The standard InChI is InChI=1S/C15H20/c1-2-13-11-5-9(1)6-12(11)14-7-10-3-4-15(13,14)8-10/h5,9-10,12-14H,1-4,6-8H2. The molecule has 4 bridgehead atoms. The van der Waals surface area contributed by atoms with E-state index in [0.717, 1.165) is 35.0 Å². The minimum atomic E-state index is 0.854. The normalized spacial score (nSPS) is 63.5. The average Bonchev–Trinajstić information content (AvgIpc) is 2.92. The van der Waals surface area contributed by atoms with Crippen molar-refractivity contribution >= 4 is 0 Å². The minimum Gasteiger partial charge on any atom is -0.0816 e.